The van der Waals surface area contributed by atoms with Gasteiger partial charge in [0, 0.05) is 18.3 Å². The van der Waals surface area contributed by atoms with Crippen LogP contribution in [0.25, 0.3) is 0 Å². The minimum absolute atomic E-state index is 0.0141. The molecule has 3 aromatic rings. The molecule has 0 fully saturated rings. The highest BCUT2D eigenvalue weighted by molar-refractivity contribution is 7.92. The number of benzene rings is 3. The van der Waals surface area contributed by atoms with Gasteiger partial charge in [0.1, 0.15) is 13.2 Å². The SMILES string of the molecule is CN(C)CCc1ccc(NC(=O)c2ccccc2NS(=O)(=O)c2ccc3c(c2)OCCO3)cc1. The monoisotopic (exact) mass is 481 g/mol. The van der Waals surface area contributed by atoms with Crippen LogP contribution in [-0.4, -0.2) is 53.1 Å². The molecule has 1 aliphatic rings. The van der Waals surface area contributed by atoms with Gasteiger partial charge in [-0.3, -0.25) is 9.52 Å². The van der Waals surface area contributed by atoms with Gasteiger partial charge in [0.15, 0.2) is 11.5 Å². The van der Waals surface area contributed by atoms with Crippen molar-refractivity contribution in [2.75, 3.05) is 43.9 Å². The molecule has 0 saturated heterocycles. The van der Waals surface area contributed by atoms with E-state index in [4.69, 9.17) is 9.47 Å². The minimum atomic E-state index is -3.96. The predicted molar refractivity (Wildman–Crippen MR) is 131 cm³/mol. The molecule has 0 saturated carbocycles. The second-order valence-electron chi connectivity index (χ2n) is 8.16. The molecule has 1 aliphatic heterocycles. The number of ether oxygens (including phenoxy) is 2. The number of fused-ring (bicyclic) bond motifs is 1. The van der Waals surface area contributed by atoms with Gasteiger partial charge in [-0.1, -0.05) is 24.3 Å². The van der Waals surface area contributed by atoms with Crippen LogP contribution in [0.3, 0.4) is 0 Å². The van der Waals surface area contributed by atoms with E-state index < -0.39 is 15.9 Å². The highest BCUT2D eigenvalue weighted by Gasteiger charge is 2.22. The number of hydrogen-bond acceptors (Lipinski definition) is 6. The van der Waals surface area contributed by atoms with Crippen LogP contribution < -0.4 is 19.5 Å². The van der Waals surface area contributed by atoms with E-state index in [9.17, 15) is 13.2 Å². The van der Waals surface area contributed by atoms with Crippen LogP contribution in [0, 0.1) is 0 Å². The number of sulfonamides is 1. The minimum Gasteiger partial charge on any atom is -0.486 e. The Kier molecular flexibility index (Phi) is 7.04. The fourth-order valence-electron chi connectivity index (χ4n) is 3.47. The molecule has 2 N–H and O–H groups in total. The maximum absolute atomic E-state index is 13.0. The van der Waals surface area contributed by atoms with Crippen molar-refractivity contribution in [3.8, 4) is 11.5 Å². The molecule has 0 spiro atoms. The number of likely N-dealkylation sites (N-methyl/N-ethyl adjacent to an activating group) is 1. The maximum atomic E-state index is 13.0. The van der Waals surface area contributed by atoms with Crippen molar-refractivity contribution in [1.29, 1.82) is 0 Å². The summed E-state index contributed by atoms with van der Waals surface area (Å²) in [7, 11) is 0.0795. The summed E-state index contributed by atoms with van der Waals surface area (Å²) in [6.07, 6.45) is 0.908. The zero-order valence-corrected chi connectivity index (χ0v) is 19.9. The third kappa shape index (κ3) is 5.67. The van der Waals surface area contributed by atoms with E-state index >= 15 is 0 Å². The average Bonchev–Trinajstić information content (AvgIpc) is 2.83. The fraction of sp³-hybridized carbons (Fsp3) is 0.240. The van der Waals surface area contributed by atoms with Gasteiger partial charge in [0.05, 0.1) is 16.1 Å². The first-order chi connectivity index (χ1) is 16.3. The molecule has 8 nitrogen and oxygen atoms in total. The lowest BCUT2D eigenvalue weighted by Gasteiger charge is -2.19. The van der Waals surface area contributed by atoms with E-state index in [1.165, 1.54) is 17.7 Å². The number of hydrogen-bond donors (Lipinski definition) is 2. The molecule has 178 valence electrons. The number of nitrogens with one attached hydrogen (secondary N) is 2. The number of nitrogens with zero attached hydrogens (tertiary/aromatic N) is 1. The van der Waals surface area contributed by atoms with Crippen LogP contribution in [0.4, 0.5) is 11.4 Å². The second-order valence-corrected chi connectivity index (χ2v) is 9.84. The summed E-state index contributed by atoms with van der Waals surface area (Å²) in [5.41, 5.74) is 2.18. The molecule has 0 bridgehead atoms. The Labute approximate surface area is 199 Å². The number of carbonyl (C=O) groups excluding carboxylic acids is 1. The largest absolute Gasteiger partial charge is 0.486 e. The molecule has 1 heterocycles. The zero-order valence-electron chi connectivity index (χ0n) is 19.1. The van der Waals surface area contributed by atoms with Gasteiger partial charge in [-0.15, -0.1) is 0 Å². The lowest BCUT2D eigenvalue weighted by molar-refractivity contribution is 0.102. The first-order valence-electron chi connectivity index (χ1n) is 10.9. The molecule has 34 heavy (non-hydrogen) atoms. The van der Waals surface area contributed by atoms with Crippen LogP contribution in [0.2, 0.25) is 0 Å². The molecule has 1 amide bonds. The smallest absolute Gasteiger partial charge is 0.262 e. The topological polar surface area (TPSA) is 97.0 Å². The van der Waals surface area contributed by atoms with Crippen molar-refractivity contribution in [3.63, 3.8) is 0 Å². The highest BCUT2D eigenvalue weighted by Crippen LogP contribution is 2.33. The van der Waals surface area contributed by atoms with Crippen molar-refractivity contribution >= 4 is 27.3 Å². The number of rotatable bonds is 8. The van der Waals surface area contributed by atoms with Gasteiger partial charge in [0.2, 0.25) is 0 Å². The Hall–Kier alpha value is -3.56. The Bertz CT molecular complexity index is 1270. The van der Waals surface area contributed by atoms with E-state index in [2.05, 4.69) is 14.9 Å². The molecule has 4 rings (SSSR count). The molecule has 0 aliphatic carbocycles. The molecule has 0 aromatic heterocycles. The maximum Gasteiger partial charge on any atom is 0.262 e. The predicted octanol–water partition coefficient (Wildman–Crippen LogP) is 3.62. The number of amides is 1. The van der Waals surface area contributed by atoms with E-state index in [1.807, 2.05) is 38.4 Å². The van der Waals surface area contributed by atoms with Crippen molar-refractivity contribution in [1.82, 2.24) is 4.90 Å². The van der Waals surface area contributed by atoms with Gasteiger partial charge < -0.3 is 19.7 Å². The first-order valence-corrected chi connectivity index (χ1v) is 12.4. The summed E-state index contributed by atoms with van der Waals surface area (Å²) in [5, 5.41) is 2.84. The Morgan fingerprint density at radius 1 is 0.941 bits per heavy atom. The molecule has 0 radical (unpaired) electrons. The molecule has 0 atom stereocenters. The van der Waals surface area contributed by atoms with Crippen LogP contribution in [0.1, 0.15) is 15.9 Å². The summed E-state index contributed by atoms with van der Waals surface area (Å²) in [5.74, 6) is 0.452. The second kappa shape index (κ2) is 10.1. The van der Waals surface area contributed by atoms with Crippen LogP contribution in [-0.2, 0) is 16.4 Å². The molecule has 9 heteroatoms. The Balaban J connectivity index is 1.49. The van der Waals surface area contributed by atoms with Crippen molar-refractivity contribution in [2.45, 2.75) is 11.3 Å². The summed E-state index contributed by atoms with van der Waals surface area (Å²) in [4.78, 5) is 15.1. The third-order valence-electron chi connectivity index (χ3n) is 5.30. The molecule has 3 aromatic carbocycles. The van der Waals surface area contributed by atoms with Gasteiger partial charge >= 0.3 is 0 Å². The standard InChI is InChI=1S/C25H27N3O5S/c1-28(2)14-13-18-7-9-19(10-8-18)26-25(29)21-5-3-4-6-22(21)27-34(30,31)20-11-12-23-24(17-20)33-16-15-32-23/h3-12,17,27H,13-16H2,1-2H3,(H,26,29). The highest BCUT2D eigenvalue weighted by atomic mass is 32.2. The van der Waals surface area contributed by atoms with Gasteiger partial charge in [0.25, 0.3) is 15.9 Å². The summed E-state index contributed by atoms with van der Waals surface area (Å²) < 4.78 is 39.5. The van der Waals surface area contributed by atoms with E-state index in [-0.39, 0.29) is 16.1 Å². The summed E-state index contributed by atoms with van der Waals surface area (Å²) in [6, 6.07) is 18.5. The normalized spacial score (nSPS) is 12.9. The quantitative estimate of drug-likeness (QED) is 0.510. The lowest BCUT2D eigenvalue weighted by atomic mass is 10.1. The van der Waals surface area contributed by atoms with E-state index in [0.717, 1.165) is 13.0 Å². The van der Waals surface area contributed by atoms with Crippen LogP contribution >= 0.6 is 0 Å². The molecule has 0 unspecified atom stereocenters. The van der Waals surface area contributed by atoms with Crippen molar-refractivity contribution in [3.05, 3.63) is 77.9 Å². The Morgan fingerprint density at radius 2 is 1.65 bits per heavy atom. The molecular weight excluding hydrogens is 454 g/mol. The van der Waals surface area contributed by atoms with Gasteiger partial charge in [-0.05, 0) is 62.5 Å². The first kappa shape index (κ1) is 23.6. The number of para-hydroxylation sites is 1. The number of anilines is 2. The average molecular weight is 482 g/mol. The van der Waals surface area contributed by atoms with Crippen LogP contribution in [0.5, 0.6) is 11.5 Å². The lowest BCUT2D eigenvalue weighted by Crippen LogP contribution is -2.19. The number of carbonyl (C=O) groups is 1. The molecular formula is C25H27N3O5S. The summed E-state index contributed by atoms with van der Waals surface area (Å²) >= 11 is 0. The third-order valence-corrected chi connectivity index (χ3v) is 6.66. The van der Waals surface area contributed by atoms with Crippen molar-refractivity contribution in [2.24, 2.45) is 0 Å². The van der Waals surface area contributed by atoms with E-state index in [1.54, 1.807) is 30.3 Å². The Morgan fingerprint density at radius 3 is 2.38 bits per heavy atom. The zero-order chi connectivity index (χ0) is 24.1. The van der Waals surface area contributed by atoms with Gasteiger partial charge in [-0.25, -0.2) is 8.42 Å². The van der Waals surface area contributed by atoms with Gasteiger partial charge in [-0.2, -0.15) is 0 Å². The van der Waals surface area contributed by atoms with E-state index in [0.29, 0.717) is 30.4 Å². The van der Waals surface area contributed by atoms with Crippen molar-refractivity contribution < 1.29 is 22.7 Å². The van der Waals surface area contributed by atoms with Crippen LogP contribution in [0.15, 0.2) is 71.6 Å². The summed E-state index contributed by atoms with van der Waals surface area (Å²) in [6.45, 7) is 1.70. The fourth-order valence-corrected chi connectivity index (χ4v) is 4.57.